The minimum atomic E-state index is -4.41. The number of amides is 4. The number of carbonyl (C=O) groups excluding carboxylic acids is 3. The van der Waals surface area contributed by atoms with Crippen molar-refractivity contribution < 1.29 is 51.0 Å². The lowest BCUT2D eigenvalue weighted by Crippen LogP contribution is -2.59. The quantitative estimate of drug-likeness (QED) is 0.275. The van der Waals surface area contributed by atoms with Crippen LogP contribution in [0, 0.1) is 23.6 Å². The number of nitrogens with zero attached hydrogens (tertiary/aromatic N) is 2. The van der Waals surface area contributed by atoms with E-state index in [1.165, 1.54) is 23.2 Å². The van der Waals surface area contributed by atoms with Gasteiger partial charge >= 0.3 is 6.09 Å². The Morgan fingerprint density at radius 3 is 2.62 bits per heavy atom. The standard InChI is InChI=1S/C36H45F2N5O9S/c1-4-51-28-14-22-9-12-39-31(25(22)16-26(28)38)52-24-15-27-30(44)41-36(33(46)42-53(49,50)35(19-37)10-11-35)17-23(36)8-6-5-7-20(2)13-21(3)29(40-34(47)48)32(45)43(27)18-24/h6,8-9,12,14,16,20-21,23-24,27,29,40H,4-5,7,10-11,13,15,17-19H2,1-3H3,(H,41,44)(H,42,46)(H,47,48)/b8-6-/t20-,21-,23-,24-,27+,29+,36-/m1/s1. The summed E-state index contributed by atoms with van der Waals surface area (Å²) in [5, 5.41) is 15.7. The maximum Gasteiger partial charge on any atom is 0.405 e. The minimum absolute atomic E-state index is 0.0303. The number of nitrogens with one attached hydrogen (secondary N) is 3. The zero-order valence-corrected chi connectivity index (χ0v) is 30.6. The Balaban J connectivity index is 1.34. The summed E-state index contributed by atoms with van der Waals surface area (Å²) in [7, 11) is -4.41. The molecule has 2 saturated carbocycles. The molecule has 0 unspecified atom stereocenters. The fraction of sp³-hybridized carbons (Fsp3) is 0.583. The number of hydrogen-bond donors (Lipinski definition) is 4. The van der Waals surface area contributed by atoms with Crippen molar-refractivity contribution in [1.29, 1.82) is 0 Å². The van der Waals surface area contributed by atoms with Gasteiger partial charge in [-0.25, -0.2) is 27.0 Å². The Bertz CT molecular complexity index is 1930. The molecule has 2 aliphatic carbocycles. The van der Waals surface area contributed by atoms with E-state index in [-0.39, 0.29) is 56.4 Å². The zero-order valence-electron chi connectivity index (χ0n) is 29.8. The van der Waals surface area contributed by atoms with Crippen molar-refractivity contribution in [2.45, 2.75) is 94.2 Å². The highest BCUT2D eigenvalue weighted by Gasteiger charge is 2.64. The lowest BCUT2D eigenvalue weighted by atomic mass is 9.88. The Hall–Kier alpha value is -4.54. The van der Waals surface area contributed by atoms with Crippen LogP contribution in [-0.4, -0.2) is 95.5 Å². The SMILES string of the molecule is CCOc1cc2ccnc(O[C@@H]3C[C@H]4C(=O)N[C@]5(C(=O)NS(=O)(=O)C6(CF)CC6)C[C@H]5/C=C\CC[C@@H](C)C[C@@H](C)[C@H](NC(=O)O)C(=O)N4C3)c2cc1F. The van der Waals surface area contributed by atoms with Crippen molar-refractivity contribution >= 4 is 44.6 Å². The second kappa shape index (κ2) is 14.7. The molecule has 0 radical (unpaired) electrons. The predicted octanol–water partition coefficient (Wildman–Crippen LogP) is 3.59. The maximum atomic E-state index is 14.9. The van der Waals surface area contributed by atoms with Gasteiger partial charge in [0.05, 0.1) is 13.2 Å². The molecule has 3 fully saturated rings. The number of aromatic nitrogens is 1. The molecule has 7 atom stereocenters. The minimum Gasteiger partial charge on any atom is -0.491 e. The average molecular weight is 762 g/mol. The molecule has 4 N–H and O–H groups in total. The van der Waals surface area contributed by atoms with Crippen LogP contribution < -0.4 is 24.8 Å². The molecule has 1 aromatic carbocycles. The molecule has 4 aliphatic rings. The number of ether oxygens (including phenoxy) is 2. The van der Waals surface area contributed by atoms with Gasteiger partial charge in [-0.2, -0.15) is 0 Å². The number of benzene rings is 1. The molecule has 1 aromatic heterocycles. The first-order valence-electron chi connectivity index (χ1n) is 17.9. The fourth-order valence-corrected chi connectivity index (χ4v) is 8.97. The second-order valence-electron chi connectivity index (χ2n) is 14.8. The zero-order chi connectivity index (χ0) is 38.3. The number of halogens is 2. The number of hydrogen-bond acceptors (Lipinski definition) is 9. The van der Waals surface area contributed by atoms with E-state index in [1.54, 1.807) is 26.0 Å². The van der Waals surface area contributed by atoms with E-state index >= 15 is 0 Å². The van der Waals surface area contributed by atoms with E-state index in [2.05, 4.69) is 15.6 Å². The monoisotopic (exact) mass is 761 g/mol. The number of pyridine rings is 1. The Morgan fingerprint density at radius 2 is 1.94 bits per heavy atom. The molecule has 2 aliphatic heterocycles. The van der Waals surface area contributed by atoms with Crippen LogP contribution in [0.15, 0.2) is 36.5 Å². The van der Waals surface area contributed by atoms with Gasteiger partial charge in [0, 0.05) is 23.9 Å². The number of rotatable bonds is 9. The molecule has 288 valence electrons. The normalized spacial score (nSPS) is 30.5. The highest BCUT2D eigenvalue weighted by Crippen LogP contribution is 2.48. The molecule has 3 heterocycles. The van der Waals surface area contributed by atoms with E-state index in [4.69, 9.17) is 9.47 Å². The van der Waals surface area contributed by atoms with Gasteiger partial charge in [0.2, 0.25) is 27.7 Å². The van der Waals surface area contributed by atoms with Crippen LogP contribution in [0.3, 0.4) is 0 Å². The van der Waals surface area contributed by atoms with Crippen LogP contribution in [0.1, 0.15) is 65.7 Å². The van der Waals surface area contributed by atoms with Gasteiger partial charge in [-0.3, -0.25) is 19.1 Å². The number of alkyl halides is 1. The van der Waals surface area contributed by atoms with Crippen LogP contribution in [0.5, 0.6) is 11.6 Å². The molecular weight excluding hydrogens is 716 g/mol. The average Bonchev–Trinajstić information content (AvgIpc) is 4.00. The maximum absolute atomic E-state index is 14.9. The molecule has 17 heteroatoms. The topological polar surface area (TPSA) is 193 Å². The van der Waals surface area contributed by atoms with E-state index in [9.17, 15) is 41.5 Å². The number of fused-ring (bicyclic) bond motifs is 3. The third-order valence-electron chi connectivity index (χ3n) is 10.9. The van der Waals surface area contributed by atoms with Crippen LogP contribution in [-0.2, 0) is 24.4 Å². The van der Waals surface area contributed by atoms with Crippen LogP contribution >= 0.6 is 0 Å². The number of sulfonamides is 1. The summed E-state index contributed by atoms with van der Waals surface area (Å²) >= 11 is 0. The third kappa shape index (κ3) is 7.62. The first-order chi connectivity index (χ1) is 25.1. The molecule has 0 spiro atoms. The smallest absolute Gasteiger partial charge is 0.405 e. The second-order valence-corrected chi connectivity index (χ2v) is 16.9. The van der Waals surface area contributed by atoms with Crippen LogP contribution in [0.2, 0.25) is 0 Å². The van der Waals surface area contributed by atoms with Crippen molar-refractivity contribution in [3.05, 3.63) is 42.4 Å². The predicted molar refractivity (Wildman–Crippen MR) is 188 cm³/mol. The van der Waals surface area contributed by atoms with Crippen LogP contribution in [0.25, 0.3) is 10.8 Å². The summed E-state index contributed by atoms with van der Waals surface area (Å²) in [6, 6.07) is 1.85. The number of allylic oxidation sites excluding steroid dienone is 1. The summed E-state index contributed by atoms with van der Waals surface area (Å²) in [6.07, 6.45) is 4.54. The Labute approximate surface area is 306 Å². The highest BCUT2D eigenvalue weighted by atomic mass is 32.2. The van der Waals surface area contributed by atoms with Gasteiger partial charge in [-0.1, -0.05) is 26.0 Å². The van der Waals surface area contributed by atoms with Crippen molar-refractivity contribution in [3.8, 4) is 11.6 Å². The lowest BCUT2D eigenvalue weighted by Gasteiger charge is -2.32. The molecule has 6 rings (SSSR count). The van der Waals surface area contributed by atoms with Gasteiger partial charge in [-0.15, -0.1) is 0 Å². The summed E-state index contributed by atoms with van der Waals surface area (Å²) < 4.78 is 66.8. The lowest BCUT2D eigenvalue weighted by molar-refractivity contribution is -0.142. The van der Waals surface area contributed by atoms with Crippen molar-refractivity contribution in [3.63, 3.8) is 0 Å². The van der Waals surface area contributed by atoms with Crippen LogP contribution in [0.4, 0.5) is 13.6 Å². The summed E-state index contributed by atoms with van der Waals surface area (Å²) in [4.78, 5) is 59.8. The fourth-order valence-electron chi connectivity index (χ4n) is 7.55. The van der Waals surface area contributed by atoms with Crippen molar-refractivity contribution in [1.82, 2.24) is 25.2 Å². The first kappa shape index (κ1) is 38.2. The summed E-state index contributed by atoms with van der Waals surface area (Å²) in [5.74, 6) is -4.05. The van der Waals surface area contributed by atoms with Gasteiger partial charge in [0.1, 0.15) is 35.1 Å². The molecule has 2 aromatic rings. The van der Waals surface area contributed by atoms with E-state index in [1.807, 2.05) is 17.7 Å². The number of carbonyl (C=O) groups is 4. The summed E-state index contributed by atoms with van der Waals surface area (Å²) in [6.45, 7) is 4.36. The Morgan fingerprint density at radius 1 is 1.19 bits per heavy atom. The van der Waals surface area contributed by atoms with Crippen molar-refractivity contribution in [2.24, 2.45) is 17.8 Å². The molecule has 53 heavy (non-hydrogen) atoms. The third-order valence-corrected chi connectivity index (χ3v) is 13.0. The summed E-state index contributed by atoms with van der Waals surface area (Å²) in [5.41, 5.74) is -1.70. The van der Waals surface area contributed by atoms with E-state index < -0.39 is 86.6 Å². The number of carboxylic acid groups (broad SMARTS) is 1. The highest BCUT2D eigenvalue weighted by molar-refractivity contribution is 7.91. The van der Waals surface area contributed by atoms with E-state index in [0.717, 1.165) is 0 Å². The Kier molecular flexibility index (Phi) is 10.6. The molecule has 1 saturated heterocycles. The van der Waals surface area contributed by atoms with Gasteiger partial charge < -0.3 is 30.1 Å². The molecular formula is C36H45F2N5O9S. The molecule has 4 amide bonds. The largest absolute Gasteiger partial charge is 0.491 e. The van der Waals surface area contributed by atoms with Gasteiger partial charge in [0.25, 0.3) is 5.91 Å². The van der Waals surface area contributed by atoms with Gasteiger partial charge in [0.15, 0.2) is 11.6 Å². The first-order valence-corrected chi connectivity index (χ1v) is 19.4. The molecule has 14 nitrogen and oxygen atoms in total. The van der Waals surface area contributed by atoms with Gasteiger partial charge in [-0.05, 0) is 80.9 Å². The van der Waals surface area contributed by atoms with Crippen molar-refractivity contribution in [2.75, 3.05) is 19.8 Å². The van der Waals surface area contributed by atoms with E-state index in [0.29, 0.717) is 30.0 Å². The molecule has 0 bridgehead atoms.